The molecule has 1 aromatic heterocycles. The smallest absolute Gasteiger partial charge is 0.134 e. The summed E-state index contributed by atoms with van der Waals surface area (Å²) in [7, 11) is 1.68. The molecule has 0 aliphatic carbocycles. The predicted octanol–water partition coefficient (Wildman–Crippen LogP) is 6.42. The number of aromatic nitrogens is 2. The van der Waals surface area contributed by atoms with Gasteiger partial charge in [0.1, 0.15) is 11.6 Å². The van der Waals surface area contributed by atoms with Gasteiger partial charge in [-0.2, -0.15) is 0 Å². The molecular formula is C27H22N2O. The van der Waals surface area contributed by atoms with E-state index < -0.39 is 0 Å². The molecule has 0 fully saturated rings. The highest BCUT2D eigenvalue weighted by Crippen LogP contribution is 2.24. The molecule has 4 aromatic carbocycles. The molecule has 0 bridgehead atoms. The molecule has 3 heteroatoms. The summed E-state index contributed by atoms with van der Waals surface area (Å²) < 4.78 is 7.54. The summed E-state index contributed by atoms with van der Waals surface area (Å²) in [6.07, 6.45) is 4.19. The second kappa shape index (κ2) is 7.88. The fraction of sp³-hybridized carbons (Fsp3) is 0.0741. The highest BCUT2D eigenvalue weighted by atomic mass is 16.5. The first-order valence-electron chi connectivity index (χ1n) is 10.1. The fourth-order valence-corrected chi connectivity index (χ4v) is 3.87. The average Bonchev–Trinajstić information content (AvgIpc) is 3.15. The second-order valence-electron chi connectivity index (χ2n) is 7.29. The number of rotatable bonds is 5. The topological polar surface area (TPSA) is 27.1 Å². The van der Waals surface area contributed by atoms with E-state index in [1.807, 2.05) is 30.3 Å². The van der Waals surface area contributed by atoms with E-state index in [2.05, 4.69) is 77.4 Å². The summed E-state index contributed by atoms with van der Waals surface area (Å²) in [5.74, 6) is 1.80. The Morgan fingerprint density at radius 2 is 1.57 bits per heavy atom. The van der Waals surface area contributed by atoms with Crippen molar-refractivity contribution in [2.75, 3.05) is 7.11 Å². The van der Waals surface area contributed by atoms with Gasteiger partial charge >= 0.3 is 0 Å². The van der Waals surface area contributed by atoms with Gasteiger partial charge in [-0.3, -0.25) is 0 Å². The summed E-state index contributed by atoms with van der Waals surface area (Å²) in [4.78, 5) is 4.89. The van der Waals surface area contributed by atoms with Crippen LogP contribution in [0, 0.1) is 0 Å². The largest absolute Gasteiger partial charge is 0.497 e. The molecule has 0 amide bonds. The van der Waals surface area contributed by atoms with Gasteiger partial charge in [-0.05, 0) is 52.2 Å². The van der Waals surface area contributed by atoms with Crippen molar-refractivity contribution in [3.05, 3.63) is 108 Å². The van der Waals surface area contributed by atoms with Crippen LogP contribution in [-0.4, -0.2) is 16.7 Å². The lowest BCUT2D eigenvalue weighted by Gasteiger charge is -2.10. The van der Waals surface area contributed by atoms with Crippen molar-refractivity contribution >= 4 is 34.0 Å². The minimum atomic E-state index is 0.768. The van der Waals surface area contributed by atoms with Crippen LogP contribution >= 0.6 is 0 Å². The van der Waals surface area contributed by atoms with E-state index >= 15 is 0 Å². The molecule has 0 spiro atoms. The molecule has 5 rings (SSSR count). The van der Waals surface area contributed by atoms with Crippen molar-refractivity contribution in [3.63, 3.8) is 0 Å². The van der Waals surface area contributed by atoms with Crippen molar-refractivity contribution in [3.8, 4) is 5.75 Å². The lowest BCUT2D eigenvalue weighted by atomic mass is 10.0. The van der Waals surface area contributed by atoms with Crippen LogP contribution in [0.15, 0.2) is 91.0 Å². The van der Waals surface area contributed by atoms with Gasteiger partial charge in [-0.15, -0.1) is 0 Å². The molecule has 3 nitrogen and oxygen atoms in total. The van der Waals surface area contributed by atoms with E-state index in [-0.39, 0.29) is 0 Å². The van der Waals surface area contributed by atoms with E-state index in [9.17, 15) is 0 Å². The third kappa shape index (κ3) is 3.46. The fourth-order valence-electron chi connectivity index (χ4n) is 3.87. The van der Waals surface area contributed by atoms with E-state index in [0.717, 1.165) is 34.7 Å². The van der Waals surface area contributed by atoms with Crippen LogP contribution in [0.5, 0.6) is 5.75 Å². The summed E-state index contributed by atoms with van der Waals surface area (Å²) in [5.41, 5.74) is 4.54. The molecule has 1 heterocycles. The standard InChI is InChI=1S/C27H22N2O/c1-30-23-16-13-20(14-17-23)15-18-27-28-25-11-4-5-12-26(25)29(27)19-22-9-6-8-21-7-2-3-10-24(21)22/h2-18H,19H2,1H3/b18-15+. The molecule has 0 aliphatic rings. The van der Waals surface area contributed by atoms with E-state index in [0.29, 0.717) is 0 Å². The van der Waals surface area contributed by atoms with Gasteiger partial charge in [0.05, 0.1) is 24.7 Å². The third-order valence-electron chi connectivity index (χ3n) is 5.43. The third-order valence-corrected chi connectivity index (χ3v) is 5.43. The number of benzene rings is 4. The highest BCUT2D eigenvalue weighted by Gasteiger charge is 2.10. The molecule has 0 N–H and O–H groups in total. The van der Waals surface area contributed by atoms with Crippen molar-refractivity contribution in [1.82, 2.24) is 9.55 Å². The quantitative estimate of drug-likeness (QED) is 0.346. The Morgan fingerprint density at radius 1 is 0.800 bits per heavy atom. The van der Waals surface area contributed by atoms with Crippen molar-refractivity contribution in [1.29, 1.82) is 0 Å². The van der Waals surface area contributed by atoms with Crippen molar-refractivity contribution in [2.45, 2.75) is 6.54 Å². The van der Waals surface area contributed by atoms with Crippen LogP contribution in [0.25, 0.3) is 34.0 Å². The molecule has 0 atom stereocenters. The van der Waals surface area contributed by atoms with Crippen LogP contribution in [-0.2, 0) is 6.54 Å². The van der Waals surface area contributed by atoms with E-state index in [1.165, 1.54) is 16.3 Å². The number of fused-ring (bicyclic) bond motifs is 2. The zero-order valence-electron chi connectivity index (χ0n) is 16.8. The maximum Gasteiger partial charge on any atom is 0.134 e. The first-order chi connectivity index (χ1) is 14.8. The highest BCUT2D eigenvalue weighted by molar-refractivity contribution is 5.86. The first kappa shape index (κ1) is 18.2. The summed E-state index contributed by atoms with van der Waals surface area (Å²) in [5, 5.41) is 2.54. The van der Waals surface area contributed by atoms with Crippen LogP contribution in [0.4, 0.5) is 0 Å². The summed E-state index contributed by atoms with van der Waals surface area (Å²) in [6, 6.07) is 31.4. The molecule has 0 unspecified atom stereocenters. The minimum Gasteiger partial charge on any atom is -0.497 e. The zero-order chi connectivity index (χ0) is 20.3. The monoisotopic (exact) mass is 390 g/mol. The first-order valence-corrected chi connectivity index (χ1v) is 10.1. The molecule has 5 aromatic rings. The predicted molar refractivity (Wildman–Crippen MR) is 125 cm³/mol. The average molecular weight is 390 g/mol. The Kier molecular flexibility index (Phi) is 4.78. The summed E-state index contributed by atoms with van der Waals surface area (Å²) >= 11 is 0. The van der Waals surface area contributed by atoms with E-state index in [4.69, 9.17) is 9.72 Å². The van der Waals surface area contributed by atoms with Crippen molar-refractivity contribution in [2.24, 2.45) is 0 Å². The molecule has 146 valence electrons. The van der Waals surface area contributed by atoms with Crippen LogP contribution in [0.2, 0.25) is 0 Å². The van der Waals surface area contributed by atoms with Gasteiger partial charge in [-0.1, -0.05) is 72.8 Å². The van der Waals surface area contributed by atoms with Gasteiger partial charge in [0, 0.05) is 0 Å². The van der Waals surface area contributed by atoms with Gasteiger partial charge in [-0.25, -0.2) is 4.98 Å². The Bertz CT molecular complexity index is 1340. The lowest BCUT2D eigenvalue weighted by Crippen LogP contribution is -2.02. The lowest BCUT2D eigenvalue weighted by molar-refractivity contribution is 0.415. The Hall–Kier alpha value is -3.85. The molecule has 0 saturated heterocycles. The van der Waals surface area contributed by atoms with E-state index in [1.54, 1.807) is 7.11 Å². The number of hydrogen-bond acceptors (Lipinski definition) is 2. The minimum absolute atomic E-state index is 0.768. The molecule has 0 radical (unpaired) electrons. The Labute approximate surface area is 175 Å². The molecule has 30 heavy (non-hydrogen) atoms. The Morgan fingerprint density at radius 3 is 2.43 bits per heavy atom. The van der Waals surface area contributed by atoms with Crippen LogP contribution < -0.4 is 4.74 Å². The van der Waals surface area contributed by atoms with Gasteiger partial charge < -0.3 is 9.30 Å². The van der Waals surface area contributed by atoms with Crippen LogP contribution in [0.3, 0.4) is 0 Å². The SMILES string of the molecule is COc1ccc(/C=C/c2nc3ccccc3n2Cc2cccc3ccccc23)cc1. The Balaban J connectivity index is 1.57. The maximum atomic E-state index is 5.25. The molecular weight excluding hydrogens is 368 g/mol. The van der Waals surface area contributed by atoms with Gasteiger partial charge in [0.25, 0.3) is 0 Å². The number of imidazole rings is 1. The molecule has 0 aliphatic heterocycles. The normalized spacial score (nSPS) is 11.5. The molecule has 0 saturated carbocycles. The van der Waals surface area contributed by atoms with Crippen LogP contribution in [0.1, 0.15) is 17.0 Å². The maximum absolute atomic E-state index is 5.25. The van der Waals surface area contributed by atoms with Gasteiger partial charge in [0.15, 0.2) is 0 Å². The summed E-state index contributed by atoms with van der Waals surface area (Å²) in [6.45, 7) is 0.768. The van der Waals surface area contributed by atoms with Gasteiger partial charge in [0.2, 0.25) is 0 Å². The second-order valence-corrected chi connectivity index (χ2v) is 7.29. The number of para-hydroxylation sites is 2. The van der Waals surface area contributed by atoms with Crippen molar-refractivity contribution < 1.29 is 4.74 Å². The zero-order valence-corrected chi connectivity index (χ0v) is 16.8. The number of ether oxygens (including phenoxy) is 1. The number of methoxy groups -OCH3 is 1. The number of nitrogens with zero attached hydrogens (tertiary/aromatic N) is 2. The number of hydrogen-bond donors (Lipinski definition) is 0.